The zero-order valence-electron chi connectivity index (χ0n) is 13.5. The summed E-state index contributed by atoms with van der Waals surface area (Å²) in [5.74, 6) is -0.184. The van der Waals surface area contributed by atoms with Crippen LogP contribution in [0.3, 0.4) is 0 Å². The van der Waals surface area contributed by atoms with Gasteiger partial charge in [0.25, 0.3) is 5.56 Å². The Morgan fingerprint density at radius 1 is 1.32 bits per heavy atom. The Bertz CT molecular complexity index is 849. The number of benzene rings is 1. The van der Waals surface area contributed by atoms with Crippen molar-refractivity contribution in [2.75, 3.05) is 20.1 Å². The molecule has 1 aliphatic heterocycles. The fourth-order valence-electron chi connectivity index (χ4n) is 3.06. The number of hydrogen-bond acceptors (Lipinski definition) is 4. The van der Waals surface area contributed by atoms with Crippen LogP contribution in [0.4, 0.5) is 13.2 Å². The number of fused-ring (bicyclic) bond motifs is 1. The molecule has 1 aliphatic rings. The predicted octanol–water partition coefficient (Wildman–Crippen LogP) is 1.52. The number of likely N-dealkylation sites (N-methyl/N-ethyl adjacent to an activating group) is 1. The van der Waals surface area contributed by atoms with E-state index in [0.717, 1.165) is 4.90 Å². The summed E-state index contributed by atoms with van der Waals surface area (Å²) in [7, 11) is 1.63. The Hall–Kier alpha value is -2.42. The minimum Gasteiger partial charge on any atom is -0.332 e. The number of amides is 1. The van der Waals surface area contributed by atoms with Crippen molar-refractivity contribution in [1.29, 1.82) is 0 Å². The molecule has 25 heavy (non-hydrogen) atoms. The van der Waals surface area contributed by atoms with Crippen LogP contribution in [-0.4, -0.2) is 58.0 Å². The highest BCUT2D eigenvalue weighted by atomic mass is 19.4. The molecule has 0 aliphatic carbocycles. The summed E-state index contributed by atoms with van der Waals surface area (Å²) in [6.45, 7) is -1.01. The van der Waals surface area contributed by atoms with Crippen LogP contribution in [-0.2, 0) is 11.3 Å². The van der Waals surface area contributed by atoms with E-state index in [1.807, 2.05) is 0 Å². The van der Waals surface area contributed by atoms with Crippen LogP contribution in [0, 0.1) is 0 Å². The molecule has 1 aromatic heterocycles. The van der Waals surface area contributed by atoms with Crippen molar-refractivity contribution in [3.63, 3.8) is 0 Å². The largest absolute Gasteiger partial charge is 0.406 e. The van der Waals surface area contributed by atoms with Crippen molar-refractivity contribution in [2.24, 2.45) is 0 Å². The summed E-state index contributed by atoms with van der Waals surface area (Å²) in [5.41, 5.74) is 0.247. The third-order valence-electron chi connectivity index (χ3n) is 4.23. The van der Waals surface area contributed by atoms with Crippen LogP contribution >= 0.6 is 0 Å². The Morgan fingerprint density at radius 3 is 2.76 bits per heavy atom. The highest BCUT2D eigenvalue weighted by molar-refractivity contribution is 5.84. The summed E-state index contributed by atoms with van der Waals surface area (Å²) < 4.78 is 37.5. The number of aromatic amines is 1. The normalized spacial score (nSPS) is 18.5. The van der Waals surface area contributed by atoms with E-state index < -0.39 is 24.7 Å². The first-order chi connectivity index (χ1) is 11.7. The van der Waals surface area contributed by atoms with Crippen LogP contribution < -0.4 is 5.56 Å². The molecule has 3 rings (SSSR count). The lowest BCUT2D eigenvalue weighted by Gasteiger charge is -2.23. The summed E-state index contributed by atoms with van der Waals surface area (Å²) in [5, 5.41) is 0.460. The maximum Gasteiger partial charge on any atom is 0.406 e. The third kappa shape index (κ3) is 3.81. The zero-order valence-corrected chi connectivity index (χ0v) is 13.5. The Kier molecular flexibility index (Phi) is 4.51. The van der Waals surface area contributed by atoms with Crippen molar-refractivity contribution in [2.45, 2.75) is 25.2 Å². The van der Waals surface area contributed by atoms with E-state index in [4.69, 9.17) is 0 Å². The van der Waals surface area contributed by atoms with Gasteiger partial charge in [-0.05, 0) is 25.6 Å². The number of nitrogens with zero attached hydrogens (tertiary/aromatic N) is 3. The lowest BCUT2D eigenvalue weighted by Crippen LogP contribution is -2.42. The van der Waals surface area contributed by atoms with E-state index in [9.17, 15) is 22.8 Å². The average Bonchev–Trinajstić information content (AvgIpc) is 2.86. The summed E-state index contributed by atoms with van der Waals surface area (Å²) in [6, 6.07) is 6.21. The summed E-state index contributed by atoms with van der Waals surface area (Å²) in [4.78, 5) is 33.7. The van der Waals surface area contributed by atoms with Gasteiger partial charge in [-0.25, -0.2) is 4.98 Å². The molecule has 1 N–H and O–H groups in total. The quantitative estimate of drug-likeness (QED) is 0.904. The van der Waals surface area contributed by atoms with Crippen molar-refractivity contribution < 1.29 is 18.0 Å². The maximum absolute atomic E-state index is 12.5. The third-order valence-corrected chi connectivity index (χ3v) is 4.23. The Labute approximate surface area is 141 Å². The van der Waals surface area contributed by atoms with E-state index in [0.29, 0.717) is 23.1 Å². The van der Waals surface area contributed by atoms with Gasteiger partial charge < -0.3 is 9.88 Å². The van der Waals surface area contributed by atoms with Crippen molar-refractivity contribution >= 4 is 16.8 Å². The lowest BCUT2D eigenvalue weighted by molar-refractivity contribution is -0.159. The van der Waals surface area contributed by atoms with Crippen LogP contribution in [0.1, 0.15) is 12.2 Å². The van der Waals surface area contributed by atoms with Gasteiger partial charge in [0, 0.05) is 6.54 Å². The Morgan fingerprint density at radius 2 is 2.04 bits per heavy atom. The van der Waals surface area contributed by atoms with Gasteiger partial charge in [0.15, 0.2) is 0 Å². The molecule has 2 heterocycles. The van der Waals surface area contributed by atoms with Crippen LogP contribution in [0.5, 0.6) is 0 Å². The second-order valence-electron chi connectivity index (χ2n) is 6.12. The highest BCUT2D eigenvalue weighted by Crippen LogP contribution is 2.23. The number of carbonyl (C=O) groups is 1. The van der Waals surface area contributed by atoms with Crippen LogP contribution in [0.25, 0.3) is 10.9 Å². The number of hydrogen-bond donors (Lipinski definition) is 1. The molecule has 1 saturated heterocycles. The van der Waals surface area contributed by atoms with Crippen molar-refractivity contribution in [1.82, 2.24) is 19.8 Å². The van der Waals surface area contributed by atoms with E-state index in [-0.39, 0.29) is 18.6 Å². The van der Waals surface area contributed by atoms with Gasteiger partial charge >= 0.3 is 6.18 Å². The number of likely N-dealkylation sites (tertiary alicyclic amines) is 1. The molecule has 1 aromatic carbocycles. The number of aromatic nitrogens is 2. The first-order valence-electron chi connectivity index (χ1n) is 7.78. The molecule has 0 bridgehead atoms. The number of halogens is 3. The second kappa shape index (κ2) is 6.47. The van der Waals surface area contributed by atoms with Gasteiger partial charge in [-0.3, -0.25) is 14.5 Å². The SMILES string of the molecule is CN(Cc1nc2ccccc2c(=O)[nH]1)C1CCN(CC(F)(F)F)C1=O. The minimum absolute atomic E-state index is 0.0645. The maximum atomic E-state index is 12.5. The molecule has 1 fully saturated rings. The molecule has 1 atom stereocenters. The molecule has 2 aromatic rings. The van der Waals surface area contributed by atoms with Gasteiger partial charge in [-0.1, -0.05) is 12.1 Å². The lowest BCUT2D eigenvalue weighted by atomic mass is 10.2. The number of carbonyl (C=O) groups excluding carboxylic acids is 1. The fraction of sp³-hybridized carbons (Fsp3) is 0.438. The number of rotatable bonds is 4. The van der Waals surface area contributed by atoms with E-state index >= 15 is 0 Å². The smallest absolute Gasteiger partial charge is 0.332 e. The molecular weight excluding hydrogens is 337 g/mol. The molecule has 0 spiro atoms. The van der Waals surface area contributed by atoms with Crippen LogP contribution in [0.2, 0.25) is 0 Å². The highest BCUT2D eigenvalue weighted by Gasteiger charge is 2.40. The van der Waals surface area contributed by atoms with Gasteiger partial charge in [-0.2, -0.15) is 13.2 Å². The first kappa shape index (κ1) is 17.4. The van der Waals surface area contributed by atoms with Gasteiger partial charge in [0.05, 0.1) is 23.5 Å². The van der Waals surface area contributed by atoms with Gasteiger partial charge in [0.1, 0.15) is 12.4 Å². The van der Waals surface area contributed by atoms with Gasteiger partial charge in [-0.15, -0.1) is 0 Å². The fourth-order valence-corrected chi connectivity index (χ4v) is 3.06. The average molecular weight is 354 g/mol. The molecule has 1 unspecified atom stereocenters. The molecule has 6 nitrogen and oxygen atoms in total. The summed E-state index contributed by atoms with van der Waals surface area (Å²) in [6.07, 6.45) is -4.10. The molecule has 0 radical (unpaired) electrons. The zero-order chi connectivity index (χ0) is 18.2. The monoisotopic (exact) mass is 354 g/mol. The molecule has 134 valence electrons. The topological polar surface area (TPSA) is 69.3 Å². The molecular formula is C16H17F3N4O2. The van der Waals surface area contributed by atoms with Crippen molar-refractivity contribution in [3.05, 3.63) is 40.4 Å². The number of H-pyrrole nitrogens is 1. The van der Waals surface area contributed by atoms with E-state index in [1.165, 1.54) is 0 Å². The second-order valence-corrected chi connectivity index (χ2v) is 6.12. The molecule has 1 amide bonds. The van der Waals surface area contributed by atoms with E-state index in [2.05, 4.69) is 9.97 Å². The number of alkyl halides is 3. The van der Waals surface area contributed by atoms with Gasteiger partial charge in [0.2, 0.25) is 5.91 Å². The molecule has 9 heteroatoms. The minimum atomic E-state index is -4.41. The van der Waals surface area contributed by atoms with Crippen molar-refractivity contribution in [3.8, 4) is 0 Å². The number of para-hydroxylation sites is 1. The van der Waals surface area contributed by atoms with E-state index in [1.54, 1.807) is 36.2 Å². The first-order valence-corrected chi connectivity index (χ1v) is 7.78. The molecule has 0 saturated carbocycles. The Balaban J connectivity index is 1.74. The predicted molar refractivity (Wildman–Crippen MR) is 84.9 cm³/mol. The summed E-state index contributed by atoms with van der Waals surface area (Å²) >= 11 is 0. The number of nitrogens with one attached hydrogen (secondary N) is 1. The standard InChI is InChI=1S/C16H17F3N4O2/c1-22(12-6-7-23(15(12)25)9-16(17,18)19)8-13-20-11-5-3-2-4-10(11)14(24)21-13/h2-5,12H,6-9H2,1H3,(H,20,21,24). The van der Waals surface area contributed by atoms with Crippen LogP contribution in [0.15, 0.2) is 29.1 Å².